The van der Waals surface area contributed by atoms with E-state index in [1.807, 2.05) is 0 Å². The number of aliphatic hydroxyl groups is 1. The first kappa shape index (κ1) is 21.0. The third-order valence-corrected chi connectivity index (χ3v) is 6.91. The van der Waals surface area contributed by atoms with Gasteiger partial charge in [-0.15, -0.1) is 0 Å². The van der Waals surface area contributed by atoms with E-state index in [1.54, 1.807) is 6.92 Å². The van der Waals surface area contributed by atoms with Crippen molar-refractivity contribution in [3.63, 3.8) is 0 Å². The van der Waals surface area contributed by atoms with E-state index >= 15 is 0 Å². The van der Waals surface area contributed by atoms with Crippen LogP contribution in [0, 0.1) is 23.7 Å². The molecule has 3 aliphatic carbocycles. The van der Waals surface area contributed by atoms with Crippen LogP contribution in [0.5, 0.6) is 5.75 Å². The van der Waals surface area contributed by atoms with Crippen LogP contribution in [-0.2, 0) is 25.6 Å². The second kappa shape index (κ2) is 6.91. The minimum absolute atomic E-state index is 0.00351. The van der Waals surface area contributed by atoms with Crippen molar-refractivity contribution in [1.29, 1.82) is 0 Å². The summed E-state index contributed by atoms with van der Waals surface area (Å²) in [6.07, 6.45) is -0.122. The maximum Gasteiger partial charge on any atom is 0.235 e. The third-order valence-electron chi connectivity index (χ3n) is 6.91. The second-order valence-electron chi connectivity index (χ2n) is 8.50. The van der Waals surface area contributed by atoms with Crippen LogP contribution in [0.4, 0.5) is 0 Å². The summed E-state index contributed by atoms with van der Waals surface area (Å²) >= 11 is 0. The van der Waals surface area contributed by atoms with Gasteiger partial charge < -0.3 is 15.9 Å². The fourth-order valence-corrected chi connectivity index (χ4v) is 5.42. The standard InChI is InChI=1S/C22H21NO8/c1-2-12(24)10-3-4-13(25)16-11(10)6-8-5-9-7-14(26)17(21(23)30)20(29)22(9,31)19(28)15(8)18(16)27/h3-4,8-9,15,17,25,31H,2,5-7H2,1H3,(H2,23,30)/t8-,9+,15?,17?,22+/m1/s1. The number of phenolic OH excluding ortho intramolecular Hbond substituents is 1. The van der Waals surface area contributed by atoms with Gasteiger partial charge in [-0.2, -0.15) is 0 Å². The molecule has 0 heterocycles. The number of amides is 1. The highest BCUT2D eigenvalue weighted by atomic mass is 16.3. The lowest BCUT2D eigenvalue weighted by molar-refractivity contribution is -0.175. The zero-order valence-corrected chi connectivity index (χ0v) is 16.7. The zero-order valence-electron chi connectivity index (χ0n) is 16.7. The predicted octanol–water partition coefficient (Wildman–Crippen LogP) is -0.0804. The Morgan fingerprint density at radius 2 is 1.81 bits per heavy atom. The summed E-state index contributed by atoms with van der Waals surface area (Å²) in [5.41, 5.74) is 2.91. The largest absolute Gasteiger partial charge is 0.507 e. The number of ketones is 5. The van der Waals surface area contributed by atoms with Crippen molar-refractivity contribution >= 4 is 34.8 Å². The molecule has 162 valence electrons. The molecule has 3 aliphatic rings. The molecule has 0 saturated heterocycles. The van der Waals surface area contributed by atoms with E-state index in [9.17, 15) is 39.0 Å². The molecule has 31 heavy (non-hydrogen) atoms. The van der Waals surface area contributed by atoms with Gasteiger partial charge >= 0.3 is 0 Å². The number of hydrogen-bond acceptors (Lipinski definition) is 8. The molecule has 0 aliphatic heterocycles. The number of aromatic hydroxyl groups is 1. The number of phenols is 1. The molecule has 0 spiro atoms. The van der Waals surface area contributed by atoms with Gasteiger partial charge in [-0.05, 0) is 36.5 Å². The topological polar surface area (TPSA) is 169 Å². The van der Waals surface area contributed by atoms with Crippen molar-refractivity contribution in [1.82, 2.24) is 0 Å². The lowest BCUT2D eigenvalue weighted by Gasteiger charge is -2.48. The van der Waals surface area contributed by atoms with Crippen LogP contribution in [-0.4, -0.2) is 50.6 Å². The van der Waals surface area contributed by atoms with Crippen LogP contribution in [0.2, 0.25) is 0 Å². The highest BCUT2D eigenvalue weighted by Crippen LogP contribution is 2.50. The summed E-state index contributed by atoms with van der Waals surface area (Å²) in [6.45, 7) is 1.66. The van der Waals surface area contributed by atoms with Crippen molar-refractivity contribution in [2.24, 2.45) is 29.4 Å². The van der Waals surface area contributed by atoms with E-state index < -0.39 is 70.5 Å². The van der Waals surface area contributed by atoms with Gasteiger partial charge in [0.25, 0.3) is 0 Å². The Bertz CT molecular complexity index is 1090. The van der Waals surface area contributed by atoms with Crippen LogP contribution in [0.3, 0.4) is 0 Å². The summed E-state index contributed by atoms with van der Waals surface area (Å²) in [5, 5.41) is 21.4. The molecule has 2 fully saturated rings. The molecular formula is C22H21NO8. The van der Waals surface area contributed by atoms with E-state index in [2.05, 4.69) is 0 Å². The Morgan fingerprint density at radius 1 is 1.13 bits per heavy atom. The first-order valence-corrected chi connectivity index (χ1v) is 10.1. The smallest absolute Gasteiger partial charge is 0.235 e. The van der Waals surface area contributed by atoms with Gasteiger partial charge in [-0.1, -0.05) is 6.92 Å². The number of rotatable bonds is 3. The fourth-order valence-electron chi connectivity index (χ4n) is 5.42. The summed E-state index contributed by atoms with van der Waals surface area (Å²) in [5.74, 6) is -10.9. The molecule has 1 amide bonds. The first-order chi connectivity index (χ1) is 14.5. The first-order valence-electron chi connectivity index (χ1n) is 10.1. The number of carbonyl (C=O) groups excluding carboxylic acids is 6. The van der Waals surface area contributed by atoms with Gasteiger partial charge in [0.1, 0.15) is 5.75 Å². The third kappa shape index (κ3) is 2.72. The fraction of sp³-hybridized carbons (Fsp3) is 0.455. The monoisotopic (exact) mass is 427 g/mol. The molecule has 5 atom stereocenters. The summed E-state index contributed by atoms with van der Waals surface area (Å²) < 4.78 is 0. The molecule has 1 aromatic rings. The molecule has 2 saturated carbocycles. The molecule has 0 bridgehead atoms. The van der Waals surface area contributed by atoms with E-state index in [-0.39, 0.29) is 36.2 Å². The maximum absolute atomic E-state index is 13.3. The van der Waals surface area contributed by atoms with Gasteiger partial charge in [0, 0.05) is 24.3 Å². The summed E-state index contributed by atoms with van der Waals surface area (Å²) in [7, 11) is 0. The minimum Gasteiger partial charge on any atom is -0.507 e. The molecule has 4 N–H and O–H groups in total. The van der Waals surface area contributed by atoms with Gasteiger partial charge in [-0.25, -0.2) is 0 Å². The molecular weight excluding hydrogens is 406 g/mol. The number of benzene rings is 1. The Labute approximate surface area is 176 Å². The molecule has 2 unspecified atom stereocenters. The number of carbonyl (C=O) groups is 6. The highest BCUT2D eigenvalue weighted by molar-refractivity contribution is 6.31. The number of primary amides is 1. The molecule has 0 radical (unpaired) electrons. The normalized spacial score (nSPS) is 32.2. The Hall–Kier alpha value is -3.20. The van der Waals surface area contributed by atoms with Crippen LogP contribution < -0.4 is 5.73 Å². The number of fused-ring (bicyclic) bond motifs is 3. The zero-order chi connectivity index (χ0) is 22.8. The summed E-state index contributed by atoms with van der Waals surface area (Å²) in [4.78, 5) is 75.7. The quantitative estimate of drug-likeness (QED) is 0.444. The van der Waals surface area contributed by atoms with E-state index in [0.717, 1.165) is 0 Å². The van der Waals surface area contributed by atoms with Crippen molar-refractivity contribution in [3.8, 4) is 5.75 Å². The van der Waals surface area contributed by atoms with Gasteiger partial charge in [0.05, 0.1) is 11.5 Å². The van der Waals surface area contributed by atoms with Crippen molar-refractivity contribution in [2.75, 3.05) is 0 Å². The van der Waals surface area contributed by atoms with Crippen LogP contribution in [0.15, 0.2) is 12.1 Å². The molecule has 1 aromatic carbocycles. The van der Waals surface area contributed by atoms with Crippen LogP contribution in [0.1, 0.15) is 52.5 Å². The SMILES string of the molecule is CCC(=O)c1ccc(O)c2c1C[C@H]1C[C@H]3CC(=O)C(C(N)=O)C(=O)[C@@]3(O)C(=O)C1C2=O. The Kier molecular flexibility index (Phi) is 4.69. The number of hydrogen-bond donors (Lipinski definition) is 3. The predicted molar refractivity (Wildman–Crippen MR) is 103 cm³/mol. The molecule has 9 heteroatoms. The Morgan fingerprint density at radius 3 is 2.42 bits per heavy atom. The summed E-state index contributed by atoms with van der Waals surface area (Å²) in [6, 6.07) is 2.64. The lowest BCUT2D eigenvalue weighted by atomic mass is 9.53. The van der Waals surface area contributed by atoms with E-state index in [4.69, 9.17) is 5.73 Å². The number of nitrogens with two attached hydrogens (primary N) is 1. The van der Waals surface area contributed by atoms with Crippen LogP contribution >= 0.6 is 0 Å². The average molecular weight is 427 g/mol. The van der Waals surface area contributed by atoms with Gasteiger partial charge in [0.2, 0.25) is 5.91 Å². The van der Waals surface area contributed by atoms with Gasteiger partial charge in [0.15, 0.2) is 40.4 Å². The van der Waals surface area contributed by atoms with E-state index in [1.165, 1.54) is 12.1 Å². The molecule has 0 aromatic heterocycles. The van der Waals surface area contributed by atoms with Crippen molar-refractivity contribution in [3.05, 3.63) is 28.8 Å². The second-order valence-corrected chi connectivity index (χ2v) is 8.50. The maximum atomic E-state index is 13.3. The lowest BCUT2D eigenvalue weighted by Crippen LogP contribution is -2.68. The molecule has 9 nitrogen and oxygen atoms in total. The van der Waals surface area contributed by atoms with Crippen molar-refractivity contribution in [2.45, 2.75) is 38.2 Å². The highest BCUT2D eigenvalue weighted by Gasteiger charge is 2.66. The van der Waals surface area contributed by atoms with E-state index in [0.29, 0.717) is 5.56 Å². The number of Topliss-reactive ketones (excluding diaryl/α,β-unsaturated/α-hetero) is 5. The van der Waals surface area contributed by atoms with Crippen molar-refractivity contribution < 1.29 is 39.0 Å². The Balaban J connectivity index is 1.83. The average Bonchev–Trinajstić information content (AvgIpc) is 2.70. The van der Waals surface area contributed by atoms with Gasteiger partial charge in [-0.3, -0.25) is 28.8 Å². The van der Waals surface area contributed by atoms with Crippen LogP contribution in [0.25, 0.3) is 0 Å². The molecule has 4 rings (SSSR count). The minimum atomic E-state index is -2.67.